The molecular formula is C60H105N2O7P. The lowest BCUT2D eigenvalue weighted by atomic mass is 10.0. The molecule has 0 heterocycles. The highest BCUT2D eigenvalue weighted by Gasteiger charge is 2.27. The zero-order chi connectivity index (χ0) is 51.5. The van der Waals surface area contributed by atoms with Gasteiger partial charge in [0.15, 0.2) is 0 Å². The Hall–Kier alpha value is -3.07. The van der Waals surface area contributed by atoms with Gasteiger partial charge in [0.25, 0.3) is 7.82 Å². The predicted octanol–water partition coefficient (Wildman–Crippen LogP) is 16.2. The maximum Gasteiger partial charge on any atom is 0.306 e. The van der Waals surface area contributed by atoms with Crippen molar-refractivity contribution in [3.63, 3.8) is 0 Å². The SMILES string of the molecule is CC/C=C\C/C=C\C/C=C\C/C=C\C/C=C\CCCC(=O)NC(COP(=O)([O-])OCC[N+](C)(C)C)C(/C=C/CCCCCCCCCCCCC)OC(=O)CCCCCCCCC/C=C/C/C=C/CC. The van der Waals surface area contributed by atoms with Crippen LogP contribution in [0.3, 0.4) is 0 Å². The Kier molecular flexibility index (Phi) is 47.3. The number of nitrogens with zero attached hydrogens (tertiary/aromatic N) is 1. The van der Waals surface area contributed by atoms with Crippen LogP contribution in [0.25, 0.3) is 0 Å². The van der Waals surface area contributed by atoms with E-state index in [1.807, 2.05) is 33.3 Å². The average Bonchev–Trinajstić information content (AvgIpc) is 3.32. The second-order valence-electron chi connectivity index (χ2n) is 19.7. The van der Waals surface area contributed by atoms with Crippen LogP contribution in [-0.4, -0.2) is 69.4 Å². The fourth-order valence-corrected chi connectivity index (χ4v) is 8.20. The van der Waals surface area contributed by atoms with Gasteiger partial charge in [-0.3, -0.25) is 14.2 Å². The highest BCUT2D eigenvalue weighted by molar-refractivity contribution is 7.45. The number of amides is 1. The summed E-state index contributed by atoms with van der Waals surface area (Å²) in [4.78, 5) is 39.8. The number of quaternary nitrogens is 1. The van der Waals surface area contributed by atoms with E-state index < -0.39 is 26.6 Å². The number of hydrogen-bond donors (Lipinski definition) is 1. The minimum atomic E-state index is -4.72. The molecule has 3 atom stereocenters. The lowest BCUT2D eigenvalue weighted by Crippen LogP contribution is -2.47. The summed E-state index contributed by atoms with van der Waals surface area (Å²) in [6.45, 7) is 6.55. The summed E-state index contributed by atoms with van der Waals surface area (Å²) in [5.41, 5.74) is 0. The molecule has 0 radical (unpaired) electrons. The first-order valence-electron chi connectivity index (χ1n) is 28.0. The number of rotatable bonds is 49. The molecule has 0 saturated heterocycles. The van der Waals surface area contributed by atoms with E-state index in [1.54, 1.807) is 0 Å². The maximum atomic E-state index is 13.5. The van der Waals surface area contributed by atoms with Gasteiger partial charge in [-0.05, 0) is 96.0 Å². The Morgan fingerprint density at radius 1 is 0.514 bits per heavy atom. The normalized spacial score (nSPS) is 14.6. The van der Waals surface area contributed by atoms with Gasteiger partial charge in [-0.15, -0.1) is 0 Å². The van der Waals surface area contributed by atoms with Crippen LogP contribution in [0.5, 0.6) is 0 Å². The molecule has 0 spiro atoms. The van der Waals surface area contributed by atoms with E-state index in [0.29, 0.717) is 23.9 Å². The van der Waals surface area contributed by atoms with Gasteiger partial charge < -0.3 is 28.5 Å². The summed E-state index contributed by atoms with van der Waals surface area (Å²) < 4.78 is 30.2. The number of phosphoric ester groups is 1. The lowest BCUT2D eigenvalue weighted by molar-refractivity contribution is -0.870. The fourth-order valence-electron chi connectivity index (χ4n) is 7.48. The van der Waals surface area contributed by atoms with Gasteiger partial charge in [0.05, 0.1) is 33.8 Å². The van der Waals surface area contributed by atoms with Crippen LogP contribution < -0.4 is 10.2 Å². The maximum absolute atomic E-state index is 13.5. The summed E-state index contributed by atoms with van der Waals surface area (Å²) in [5.74, 6) is -0.625. The van der Waals surface area contributed by atoms with E-state index in [2.05, 4.69) is 111 Å². The second kappa shape index (κ2) is 49.5. The van der Waals surface area contributed by atoms with Crippen LogP contribution in [-0.2, 0) is 27.9 Å². The first-order chi connectivity index (χ1) is 33.9. The number of allylic oxidation sites excluding steroid dienone is 15. The molecule has 0 aliphatic carbocycles. The Morgan fingerprint density at radius 2 is 0.929 bits per heavy atom. The number of ether oxygens (including phenoxy) is 1. The topological polar surface area (TPSA) is 114 Å². The van der Waals surface area contributed by atoms with Gasteiger partial charge >= 0.3 is 5.97 Å². The zero-order valence-corrected chi connectivity index (χ0v) is 46.6. The van der Waals surface area contributed by atoms with Gasteiger partial charge in [-0.2, -0.15) is 0 Å². The number of nitrogens with one attached hydrogen (secondary N) is 1. The molecule has 9 nitrogen and oxygen atoms in total. The number of unbranched alkanes of at least 4 members (excludes halogenated alkanes) is 19. The van der Waals surface area contributed by atoms with Crippen molar-refractivity contribution in [1.29, 1.82) is 0 Å². The van der Waals surface area contributed by atoms with E-state index in [1.165, 1.54) is 77.0 Å². The van der Waals surface area contributed by atoms with Gasteiger partial charge in [0.1, 0.15) is 19.3 Å². The first-order valence-corrected chi connectivity index (χ1v) is 29.5. The molecule has 1 amide bonds. The fraction of sp³-hybridized carbons (Fsp3) is 0.700. The minimum Gasteiger partial charge on any atom is -0.756 e. The lowest BCUT2D eigenvalue weighted by Gasteiger charge is -2.30. The molecule has 10 heteroatoms. The van der Waals surface area contributed by atoms with E-state index >= 15 is 0 Å². The third kappa shape index (κ3) is 49.9. The van der Waals surface area contributed by atoms with Crippen molar-refractivity contribution in [2.45, 2.75) is 232 Å². The molecule has 0 aromatic rings. The third-order valence-electron chi connectivity index (χ3n) is 11.8. The summed E-state index contributed by atoms with van der Waals surface area (Å²) in [6.07, 6.45) is 65.2. The monoisotopic (exact) mass is 997 g/mol. The third-order valence-corrected chi connectivity index (χ3v) is 12.7. The molecule has 0 bridgehead atoms. The molecule has 1 N–H and O–H groups in total. The highest BCUT2D eigenvalue weighted by Crippen LogP contribution is 2.38. The van der Waals surface area contributed by atoms with Gasteiger partial charge in [0.2, 0.25) is 5.91 Å². The second-order valence-corrected chi connectivity index (χ2v) is 21.1. The number of phosphoric acid groups is 1. The van der Waals surface area contributed by atoms with Gasteiger partial charge in [-0.25, -0.2) is 0 Å². The van der Waals surface area contributed by atoms with Crippen LogP contribution in [0, 0.1) is 0 Å². The van der Waals surface area contributed by atoms with Crippen molar-refractivity contribution in [2.75, 3.05) is 40.9 Å². The van der Waals surface area contributed by atoms with E-state index in [0.717, 1.165) is 96.3 Å². The Balaban J connectivity index is 5.50. The van der Waals surface area contributed by atoms with Crippen molar-refractivity contribution < 1.29 is 37.3 Å². The molecule has 70 heavy (non-hydrogen) atoms. The van der Waals surface area contributed by atoms with Crippen LogP contribution >= 0.6 is 7.82 Å². The minimum absolute atomic E-state index is 0.0388. The average molecular weight is 997 g/mol. The quantitative estimate of drug-likeness (QED) is 0.0212. The molecule has 0 aromatic heterocycles. The predicted molar refractivity (Wildman–Crippen MR) is 297 cm³/mol. The van der Waals surface area contributed by atoms with Gasteiger partial charge in [0, 0.05) is 12.8 Å². The number of carbonyl (C=O) groups excluding carboxylic acids is 2. The van der Waals surface area contributed by atoms with Crippen LogP contribution in [0.2, 0.25) is 0 Å². The van der Waals surface area contributed by atoms with E-state index in [4.69, 9.17) is 13.8 Å². The Bertz CT molecular complexity index is 1520. The molecular weight excluding hydrogens is 892 g/mol. The van der Waals surface area contributed by atoms with Gasteiger partial charge in [-0.1, -0.05) is 208 Å². The zero-order valence-electron chi connectivity index (χ0n) is 45.7. The Morgan fingerprint density at radius 3 is 1.40 bits per heavy atom. The largest absolute Gasteiger partial charge is 0.756 e. The summed E-state index contributed by atoms with van der Waals surface area (Å²) in [5, 5.41) is 2.98. The van der Waals surface area contributed by atoms with Crippen molar-refractivity contribution >= 4 is 19.7 Å². The number of esters is 1. The Labute approximate surface area is 430 Å². The molecule has 3 unspecified atom stereocenters. The molecule has 0 rings (SSSR count). The molecule has 0 saturated carbocycles. The molecule has 0 fully saturated rings. The highest BCUT2D eigenvalue weighted by atomic mass is 31.2. The number of carbonyl (C=O) groups is 2. The molecule has 0 aromatic carbocycles. The van der Waals surface area contributed by atoms with E-state index in [-0.39, 0.29) is 31.3 Å². The summed E-state index contributed by atoms with van der Waals surface area (Å²) in [7, 11) is 1.13. The number of likely N-dealkylation sites (N-methyl/N-ethyl adjacent to an activating group) is 1. The standard InChI is InChI=1S/C60H105N2O7P/c1-7-10-13-16-19-22-25-28-30-31-32-34-37-40-43-46-49-52-59(63)61-57(56-68-70(65,66)67-55-54-62(4,5)6)58(51-48-45-42-39-36-33-27-24-21-18-15-12-9-3)69-60(64)53-50-47-44-41-38-35-29-26-23-20-17-14-11-8-2/h10-11,13-14,19-20,22-23,28,30,32,34,40,43,48,51,57-58H,7-9,12,15-18,21,24-27,29,31,33,35-39,41-42,44-47,49-50,52-56H2,1-6H3,(H-,61,63,65,66)/b13-10-,14-11+,22-19-,23-20+,30-28-,34-32-,43-40-,51-48+. The van der Waals surface area contributed by atoms with Crippen molar-refractivity contribution in [1.82, 2.24) is 5.32 Å². The van der Waals surface area contributed by atoms with Crippen LogP contribution in [0.15, 0.2) is 97.2 Å². The van der Waals surface area contributed by atoms with Crippen molar-refractivity contribution in [3.05, 3.63) is 97.2 Å². The first kappa shape index (κ1) is 66.9. The molecule has 402 valence electrons. The summed E-state index contributed by atoms with van der Waals surface area (Å²) >= 11 is 0. The number of hydrogen-bond acceptors (Lipinski definition) is 7. The van der Waals surface area contributed by atoms with E-state index in [9.17, 15) is 19.0 Å². The van der Waals surface area contributed by atoms with Crippen molar-refractivity contribution in [2.24, 2.45) is 0 Å². The van der Waals surface area contributed by atoms with Crippen LogP contribution in [0.1, 0.15) is 220 Å². The molecule has 0 aliphatic rings. The smallest absolute Gasteiger partial charge is 0.306 e. The summed E-state index contributed by atoms with van der Waals surface area (Å²) in [6, 6.07) is -0.925. The van der Waals surface area contributed by atoms with Crippen LogP contribution in [0.4, 0.5) is 0 Å². The molecule has 0 aliphatic heterocycles. The van der Waals surface area contributed by atoms with Crippen molar-refractivity contribution in [3.8, 4) is 0 Å².